The smallest absolute Gasteiger partial charge is 0.0998 e. The minimum absolute atomic E-state index is 0.674. The molecule has 0 aliphatic carbocycles. The van der Waals surface area contributed by atoms with Crippen molar-refractivity contribution in [1.82, 2.24) is 0 Å². The van der Waals surface area contributed by atoms with Gasteiger partial charge >= 0.3 is 0 Å². The van der Waals surface area contributed by atoms with Gasteiger partial charge in [-0.25, -0.2) is 0 Å². The van der Waals surface area contributed by atoms with Crippen LogP contribution >= 0.6 is 0 Å². The van der Waals surface area contributed by atoms with Gasteiger partial charge in [0.1, 0.15) is 0 Å². The van der Waals surface area contributed by atoms with Gasteiger partial charge in [-0.15, -0.1) is 0 Å². The van der Waals surface area contributed by atoms with Gasteiger partial charge in [-0.1, -0.05) is 71.8 Å². The summed E-state index contributed by atoms with van der Waals surface area (Å²) in [4.78, 5) is 2.25. The molecule has 0 amide bonds. The van der Waals surface area contributed by atoms with Crippen LogP contribution in [0.1, 0.15) is 16.7 Å². The maximum atomic E-state index is 9.64. The molecule has 0 spiro atoms. The van der Waals surface area contributed by atoms with Gasteiger partial charge in [0.2, 0.25) is 0 Å². The summed E-state index contributed by atoms with van der Waals surface area (Å²) in [6.45, 7) is 4.19. The van der Waals surface area contributed by atoms with Crippen molar-refractivity contribution in [3.05, 3.63) is 114 Å². The van der Waals surface area contributed by atoms with E-state index in [1.54, 1.807) is 0 Å². The van der Waals surface area contributed by atoms with Gasteiger partial charge in [0.05, 0.1) is 17.3 Å². The average Bonchev–Trinajstić information content (AvgIpc) is 2.77. The number of hydrogen-bond acceptors (Lipinski definition) is 2. The first-order valence-corrected chi connectivity index (χ1v) is 9.69. The lowest BCUT2D eigenvalue weighted by molar-refractivity contribution is 1.27. The van der Waals surface area contributed by atoms with Crippen LogP contribution in [0, 0.1) is 25.2 Å². The standard InChI is InChI=1S/C27H22N2/c1-20-11-15-23(16-12-20)29(24-17-13-21(2)14-18-24)27-10-6-5-9-26(27)25-8-4-3-7-22(25)19-28/h3-18H,1-2H3. The van der Waals surface area contributed by atoms with Gasteiger partial charge in [-0.2, -0.15) is 5.26 Å². The van der Waals surface area contributed by atoms with Crippen molar-refractivity contribution in [1.29, 1.82) is 5.26 Å². The van der Waals surface area contributed by atoms with Crippen molar-refractivity contribution >= 4 is 17.1 Å². The van der Waals surface area contributed by atoms with Gasteiger partial charge in [0.25, 0.3) is 0 Å². The lowest BCUT2D eigenvalue weighted by Gasteiger charge is -2.28. The van der Waals surface area contributed by atoms with Crippen molar-refractivity contribution in [3.8, 4) is 17.2 Å². The van der Waals surface area contributed by atoms with Gasteiger partial charge in [0, 0.05) is 22.5 Å². The highest BCUT2D eigenvalue weighted by atomic mass is 15.1. The lowest BCUT2D eigenvalue weighted by Crippen LogP contribution is -2.11. The number of nitrogens with zero attached hydrogens (tertiary/aromatic N) is 2. The van der Waals surface area contributed by atoms with Gasteiger partial charge in [-0.3, -0.25) is 0 Å². The summed E-state index contributed by atoms with van der Waals surface area (Å²) in [5.41, 5.74) is 8.31. The Morgan fingerprint density at radius 2 is 1.07 bits per heavy atom. The third kappa shape index (κ3) is 3.77. The van der Waals surface area contributed by atoms with Crippen LogP contribution in [0.5, 0.6) is 0 Å². The highest BCUT2D eigenvalue weighted by molar-refractivity contribution is 5.89. The summed E-state index contributed by atoms with van der Waals surface area (Å²) in [7, 11) is 0. The van der Waals surface area contributed by atoms with Crippen molar-refractivity contribution in [2.45, 2.75) is 13.8 Å². The molecule has 2 heteroatoms. The fraction of sp³-hybridized carbons (Fsp3) is 0.0741. The Hall–Kier alpha value is -3.83. The van der Waals surface area contributed by atoms with E-state index in [1.165, 1.54) is 11.1 Å². The predicted molar refractivity (Wildman–Crippen MR) is 121 cm³/mol. The highest BCUT2D eigenvalue weighted by Crippen LogP contribution is 2.41. The molecule has 0 saturated carbocycles. The van der Waals surface area contributed by atoms with E-state index in [-0.39, 0.29) is 0 Å². The van der Waals surface area contributed by atoms with Crippen molar-refractivity contribution < 1.29 is 0 Å². The normalized spacial score (nSPS) is 10.4. The minimum Gasteiger partial charge on any atom is -0.310 e. The molecule has 0 aromatic heterocycles. The zero-order chi connectivity index (χ0) is 20.2. The lowest BCUT2D eigenvalue weighted by atomic mass is 9.97. The first-order chi connectivity index (χ1) is 14.2. The van der Waals surface area contributed by atoms with Gasteiger partial charge < -0.3 is 4.90 Å². The van der Waals surface area contributed by atoms with E-state index < -0.39 is 0 Å². The molecule has 0 atom stereocenters. The summed E-state index contributed by atoms with van der Waals surface area (Å²) in [6, 6.07) is 35.4. The summed E-state index contributed by atoms with van der Waals surface area (Å²) < 4.78 is 0. The summed E-state index contributed by atoms with van der Waals surface area (Å²) in [6.07, 6.45) is 0. The molecule has 0 heterocycles. The minimum atomic E-state index is 0.674. The van der Waals surface area contributed by atoms with Crippen molar-refractivity contribution in [3.63, 3.8) is 0 Å². The van der Waals surface area contributed by atoms with Crippen LogP contribution in [0.15, 0.2) is 97.1 Å². The van der Waals surface area contributed by atoms with E-state index in [4.69, 9.17) is 0 Å². The van der Waals surface area contributed by atoms with Crippen LogP contribution in [-0.2, 0) is 0 Å². The van der Waals surface area contributed by atoms with E-state index in [0.29, 0.717) is 5.56 Å². The number of aryl methyl sites for hydroxylation is 2. The summed E-state index contributed by atoms with van der Waals surface area (Å²) in [5.74, 6) is 0. The molecule has 4 rings (SSSR count). The van der Waals surface area contributed by atoms with Gasteiger partial charge in [-0.05, 0) is 50.2 Å². The fourth-order valence-electron chi connectivity index (χ4n) is 3.53. The summed E-state index contributed by atoms with van der Waals surface area (Å²) in [5, 5.41) is 9.64. The predicted octanol–water partition coefficient (Wildman–Crippen LogP) is 7.31. The Bertz CT molecular complexity index is 1120. The SMILES string of the molecule is Cc1ccc(N(c2ccc(C)cc2)c2ccccc2-c2ccccc2C#N)cc1. The molecule has 0 bridgehead atoms. The van der Waals surface area contributed by atoms with Crippen LogP contribution in [0.2, 0.25) is 0 Å². The zero-order valence-electron chi connectivity index (χ0n) is 16.6. The van der Waals surface area contributed by atoms with E-state index in [9.17, 15) is 5.26 Å². The Balaban J connectivity index is 1.96. The van der Waals surface area contributed by atoms with Crippen molar-refractivity contribution in [2.75, 3.05) is 4.90 Å². The second-order valence-corrected chi connectivity index (χ2v) is 7.18. The molecule has 0 unspecified atom stereocenters. The molecular formula is C27H22N2. The molecule has 4 aromatic rings. The number of hydrogen-bond donors (Lipinski definition) is 0. The molecule has 0 N–H and O–H groups in total. The number of benzene rings is 4. The molecule has 0 fully saturated rings. The molecule has 140 valence electrons. The Morgan fingerprint density at radius 3 is 1.62 bits per heavy atom. The molecule has 0 aliphatic heterocycles. The van der Waals surface area contributed by atoms with E-state index in [1.807, 2.05) is 36.4 Å². The fourth-order valence-corrected chi connectivity index (χ4v) is 3.53. The number of para-hydroxylation sites is 1. The van der Waals surface area contributed by atoms with Crippen LogP contribution in [0.25, 0.3) is 11.1 Å². The zero-order valence-corrected chi connectivity index (χ0v) is 16.6. The molecule has 0 aliphatic rings. The summed E-state index contributed by atoms with van der Waals surface area (Å²) >= 11 is 0. The quantitative estimate of drug-likeness (QED) is 0.374. The first kappa shape index (κ1) is 18.5. The largest absolute Gasteiger partial charge is 0.310 e. The van der Waals surface area contributed by atoms with Crippen LogP contribution < -0.4 is 4.90 Å². The Labute approximate surface area is 172 Å². The molecule has 0 radical (unpaired) electrons. The molecule has 2 nitrogen and oxygen atoms in total. The third-order valence-corrected chi connectivity index (χ3v) is 5.07. The number of nitriles is 1. The van der Waals surface area contributed by atoms with Crippen LogP contribution in [0.3, 0.4) is 0 Å². The van der Waals surface area contributed by atoms with E-state index >= 15 is 0 Å². The average molecular weight is 374 g/mol. The van der Waals surface area contributed by atoms with E-state index in [2.05, 4.69) is 85.5 Å². The number of rotatable bonds is 4. The van der Waals surface area contributed by atoms with Crippen LogP contribution in [-0.4, -0.2) is 0 Å². The Morgan fingerprint density at radius 1 is 0.586 bits per heavy atom. The molecular weight excluding hydrogens is 352 g/mol. The van der Waals surface area contributed by atoms with Crippen molar-refractivity contribution in [2.24, 2.45) is 0 Å². The Kier molecular flexibility index (Phi) is 5.14. The maximum Gasteiger partial charge on any atom is 0.0998 e. The monoisotopic (exact) mass is 374 g/mol. The first-order valence-electron chi connectivity index (χ1n) is 9.69. The number of anilines is 3. The maximum absolute atomic E-state index is 9.64. The highest BCUT2D eigenvalue weighted by Gasteiger charge is 2.18. The van der Waals surface area contributed by atoms with Crippen LogP contribution in [0.4, 0.5) is 17.1 Å². The second-order valence-electron chi connectivity index (χ2n) is 7.18. The topological polar surface area (TPSA) is 27.0 Å². The van der Waals surface area contributed by atoms with Gasteiger partial charge in [0.15, 0.2) is 0 Å². The molecule has 0 saturated heterocycles. The second kappa shape index (κ2) is 8.04. The molecule has 4 aromatic carbocycles. The molecule has 29 heavy (non-hydrogen) atoms. The van der Waals surface area contributed by atoms with E-state index in [0.717, 1.165) is 28.2 Å². The third-order valence-electron chi connectivity index (χ3n) is 5.07.